The molecule has 0 aliphatic heterocycles. The molecule has 0 saturated heterocycles. The third kappa shape index (κ3) is 5.85. The maximum absolute atomic E-state index is 11.9. The van der Waals surface area contributed by atoms with Gasteiger partial charge >= 0.3 is 5.97 Å². The SMILES string of the molecule is Cc1ccc(C(=O)OCCCCCCOc2ccc3ccccc3c2)cc1. The largest absolute Gasteiger partial charge is 0.494 e. The fraction of sp³-hybridized carbons (Fsp3) is 0.292. The van der Waals surface area contributed by atoms with Crippen LogP contribution >= 0.6 is 0 Å². The highest BCUT2D eigenvalue weighted by molar-refractivity contribution is 5.89. The first-order valence-electron chi connectivity index (χ1n) is 9.58. The Bertz CT molecular complexity index is 868. The van der Waals surface area contributed by atoms with E-state index in [0.717, 1.165) is 37.0 Å². The highest BCUT2D eigenvalue weighted by atomic mass is 16.5. The van der Waals surface area contributed by atoms with Crippen LogP contribution in [-0.2, 0) is 4.74 Å². The van der Waals surface area contributed by atoms with Crippen LogP contribution in [0.3, 0.4) is 0 Å². The third-order valence-electron chi connectivity index (χ3n) is 4.55. The zero-order valence-corrected chi connectivity index (χ0v) is 15.8. The second-order valence-corrected chi connectivity index (χ2v) is 6.77. The quantitative estimate of drug-likeness (QED) is 0.349. The van der Waals surface area contributed by atoms with Gasteiger partial charge in [-0.25, -0.2) is 4.79 Å². The van der Waals surface area contributed by atoms with Crippen molar-refractivity contribution in [2.24, 2.45) is 0 Å². The van der Waals surface area contributed by atoms with Crippen molar-refractivity contribution in [1.29, 1.82) is 0 Å². The molecule has 3 nitrogen and oxygen atoms in total. The van der Waals surface area contributed by atoms with E-state index in [4.69, 9.17) is 9.47 Å². The molecule has 3 aromatic rings. The topological polar surface area (TPSA) is 35.5 Å². The van der Waals surface area contributed by atoms with Crippen LogP contribution < -0.4 is 4.74 Å². The lowest BCUT2D eigenvalue weighted by atomic mass is 10.1. The van der Waals surface area contributed by atoms with Gasteiger partial charge in [0.05, 0.1) is 18.8 Å². The second-order valence-electron chi connectivity index (χ2n) is 6.77. The molecule has 0 unspecified atom stereocenters. The summed E-state index contributed by atoms with van der Waals surface area (Å²) in [6.07, 6.45) is 3.98. The highest BCUT2D eigenvalue weighted by Gasteiger charge is 2.05. The van der Waals surface area contributed by atoms with Crippen LogP contribution in [0.1, 0.15) is 41.6 Å². The number of hydrogen-bond acceptors (Lipinski definition) is 3. The van der Waals surface area contributed by atoms with E-state index >= 15 is 0 Å². The van der Waals surface area contributed by atoms with Gasteiger partial charge in [-0.3, -0.25) is 0 Å². The molecule has 0 bridgehead atoms. The summed E-state index contributed by atoms with van der Waals surface area (Å²) in [7, 11) is 0. The summed E-state index contributed by atoms with van der Waals surface area (Å²) < 4.78 is 11.2. The van der Waals surface area contributed by atoms with Crippen LogP contribution in [0.25, 0.3) is 10.8 Å². The molecule has 0 aliphatic rings. The summed E-state index contributed by atoms with van der Waals surface area (Å²) in [5.74, 6) is 0.676. The van der Waals surface area contributed by atoms with Crippen molar-refractivity contribution in [3.63, 3.8) is 0 Å². The number of carbonyl (C=O) groups is 1. The number of esters is 1. The molecule has 3 heteroatoms. The van der Waals surface area contributed by atoms with E-state index in [1.54, 1.807) is 0 Å². The molecular weight excluding hydrogens is 336 g/mol. The van der Waals surface area contributed by atoms with Gasteiger partial charge in [0.25, 0.3) is 0 Å². The first-order valence-corrected chi connectivity index (χ1v) is 9.58. The Kier molecular flexibility index (Phi) is 6.86. The lowest BCUT2D eigenvalue weighted by Crippen LogP contribution is -2.06. The number of rotatable bonds is 9. The predicted octanol–water partition coefficient (Wildman–Crippen LogP) is 5.94. The number of hydrogen-bond donors (Lipinski definition) is 0. The molecule has 3 aromatic carbocycles. The average Bonchev–Trinajstić information content (AvgIpc) is 2.70. The lowest BCUT2D eigenvalue weighted by molar-refractivity contribution is 0.0497. The Morgan fingerprint density at radius 3 is 2.26 bits per heavy atom. The summed E-state index contributed by atoms with van der Waals surface area (Å²) in [6, 6.07) is 21.9. The Labute approximate surface area is 160 Å². The van der Waals surface area contributed by atoms with E-state index in [0.29, 0.717) is 18.8 Å². The molecular formula is C24H26O3. The molecule has 140 valence electrons. The molecule has 0 N–H and O–H groups in total. The molecule has 0 radical (unpaired) electrons. The summed E-state index contributed by atoms with van der Waals surface area (Å²) in [5.41, 5.74) is 1.75. The van der Waals surface area contributed by atoms with Gasteiger partial charge in [0.1, 0.15) is 5.75 Å². The number of unbranched alkanes of at least 4 members (excludes halogenated alkanes) is 3. The monoisotopic (exact) mass is 362 g/mol. The number of ether oxygens (including phenoxy) is 2. The van der Waals surface area contributed by atoms with Crippen LogP contribution in [0.2, 0.25) is 0 Å². The minimum atomic E-state index is -0.241. The van der Waals surface area contributed by atoms with Gasteiger partial charge < -0.3 is 9.47 Å². The Morgan fingerprint density at radius 2 is 1.48 bits per heavy atom. The van der Waals surface area contributed by atoms with Crippen LogP contribution in [0, 0.1) is 6.92 Å². The van der Waals surface area contributed by atoms with Gasteiger partial charge in [-0.05, 0) is 67.6 Å². The fourth-order valence-corrected chi connectivity index (χ4v) is 2.94. The van der Waals surface area contributed by atoms with Gasteiger partial charge in [0, 0.05) is 0 Å². The van der Waals surface area contributed by atoms with Gasteiger partial charge in [0.2, 0.25) is 0 Å². The summed E-state index contributed by atoms with van der Waals surface area (Å²) in [6.45, 7) is 3.18. The third-order valence-corrected chi connectivity index (χ3v) is 4.55. The van der Waals surface area contributed by atoms with Crippen LogP contribution in [0.4, 0.5) is 0 Å². The van der Waals surface area contributed by atoms with Crippen LogP contribution in [0.15, 0.2) is 66.7 Å². The lowest BCUT2D eigenvalue weighted by Gasteiger charge is -2.08. The van der Waals surface area contributed by atoms with E-state index in [2.05, 4.69) is 24.3 Å². The Balaban J connectivity index is 1.27. The van der Waals surface area contributed by atoms with E-state index in [-0.39, 0.29) is 5.97 Å². The van der Waals surface area contributed by atoms with Crippen molar-refractivity contribution >= 4 is 16.7 Å². The van der Waals surface area contributed by atoms with Gasteiger partial charge in [0.15, 0.2) is 0 Å². The smallest absolute Gasteiger partial charge is 0.338 e. The van der Waals surface area contributed by atoms with Crippen molar-refractivity contribution in [2.45, 2.75) is 32.6 Å². The van der Waals surface area contributed by atoms with Gasteiger partial charge in [-0.15, -0.1) is 0 Å². The van der Waals surface area contributed by atoms with E-state index < -0.39 is 0 Å². The van der Waals surface area contributed by atoms with Crippen molar-refractivity contribution in [2.75, 3.05) is 13.2 Å². The maximum atomic E-state index is 11.9. The summed E-state index contributed by atoms with van der Waals surface area (Å²) >= 11 is 0. The van der Waals surface area contributed by atoms with E-state index in [1.807, 2.05) is 49.4 Å². The minimum Gasteiger partial charge on any atom is -0.494 e. The summed E-state index contributed by atoms with van der Waals surface area (Å²) in [4.78, 5) is 11.9. The van der Waals surface area contributed by atoms with E-state index in [9.17, 15) is 4.79 Å². The number of carbonyl (C=O) groups excluding carboxylic acids is 1. The van der Waals surface area contributed by atoms with Crippen molar-refractivity contribution in [3.05, 3.63) is 77.9 Å². The van der Waals surface area contributed by atoms with Gasteiger partial charge in [-0.2, -0.15) is 0 Å². The standard InChI is InChI=1S/C24H26O3/c1-19-10-12-21(13-11-19)24(25)27-17-7-3-2-6-16-26-23-15-14-20-8-4-5-9-22(20)18-23/h4-5,8-15,18H,2-3,6-7,16-17H2,1H3. The predicted molar refractivity (Wildman–Crippen MR) is 109 cm³/mol. The normalized spacial score (nSPS) is 10.7. The first-order chi connectivity index (χ1) is 13.2. The Morgan fingerprint density at radius 1 is 0.778 bits per heavy atom. The molecule has 0 atom stereocenters. The average molecular weight is 362 g/mol. The summed E-state index contributed by atoms with van der Waals surface area (Å²) in [5, 5.41) is 2.43. The number of benzene rings is 3. The molecule has 0 amide bonds. The molecule has 27 heavy (non-hydrogen) atoms. The highest BCUT2D eigenvalue weighted by Crippen LogP contribution is 2.20. The molecule has 0 fully saturated rings. The molecule has 3 rings (SSSR count). The molecule has 0 heterocycles. The van der Waals surface area contributed by atoms with E-state index in [1.165, 1.54) is 10.8 Å². The molecule has 0 aromatic heterocycles. The second kappa shape index (κ2) is 9.77. The van der Waals surface area contributed by atoms with Crippen LogP contribution in [0.5, 0.6) is 5.75 Å². The van der Waals surface area contributed by atoms with Crippen LogP contribution in [-0.4, -0.2) is 19.2 Å². The van der Waals surface area contributed by atoms with Gasteiger partial charge in [-0.1, -0.05) is 48.0 Å². The Hall–Kier alpha value is -2.81. The van der Waals surface area contributed by atoms with Crippen molar-refractivity contribution < 1.29 is 14.3 Å². The molecule has 0 saturated carbocycles. The molecule has 0 aliphatic carbocycles. The van der Waals surface area contributed by atoms with Crippen molar-refractivity contribution in [3.8, 4) is 5.75 Å². The molecule has 0 spiro atoms. The number of aryl methyl sites for hydroxylation is 1. The zero-order valence-electron chi connectivity index (χ0n) is 15.8. The maximum Gasteiger partial charge on any atom is 0.338 e. The zero-order chi connectivity index (χ0) is 18.9. The minimum absolute atomic E-state index is 0.241. The fourth-order valence-electron chi connectivity index (χ4n) is 2.94. The first kappa shape index (κ1) is 19.0. The number of fused-ring (bicyclic) bond motifs is 1. The van der Waals surface area contributed by atoms with Crippen molar-refractivity contribution in [1.82, 2.24) is 0 Å².